The highest BCUT2D eigenvalue weighted by molar-refractivity contribution is 7.99. The van der Waals surface area contributed by atoms with Crippen molar-refractivity contribution in [2.45, 2.75) is 5.16 Å². The minimum absolute atomic E-state index is 0.0244. The zero-order valence-electron chi connectivity index (χ0n) is 11.8. The molecule has 0 saturated carbocycles. The molecule has 2 heterocycles. The van der Waals surface area contributed by atoms with Gasteiger partial charge in [0.1, 0.15) is 12.1 Å². The van der Waals surface area contributed by atoms with Crippen LogP contribution in [0.2, 0.25) is 0 Å². The predicted molar refractivity (Wildman–Crippen MR) is 79.4 cm³/mol. The quantitative estimate of drug-likeness (QED) is 0.796. The van der Waals surface area contributed by atoms with Crippen LogP contribution in [0.25, 0.3) is 5.69 Å². The first kappa shape index (κ1) is 15.0. The second-order valence-electron chi connectivity index (χ2n) is 4.72. The second-order valence-corrected chi connectivity index (χ2v) is 5.66. The van der Waals surface area contributed by atoms with Gasteiger partial charge in [-0.05, 0) is 12.1 Å². The Morgan fingerprint density at radius 3 is 2.86 bits per heavy atom. The van der Waals surface area contributed by atoms with Gasteiger partial charge in [0.05, 0.1) is 24.7 Å². The Morgan fingerprint density at radius 2 is 2.09 bits per heavy atom. The lowest BCUT2D eigenvalue weighted by molar-refractivity contribution is -0.132. The zero-order valence-corrected chi connectivity index (χ0v) is 12.6. The number of rotatable bonds is 4. The van der Waals surface area contributed by atoms with Crippen molar-refractivity contribution in [3.63, 3.8) is 0 Å². The van der Waals surface area contributed by atoms with Crippen LogP contribution in [0, 0.1) is 5.82 Å². The Morgan fingerprint density at radius 1 is 1.32 bits per heavy atom. The number of benzene rings is 1. The topological polar surface area (TPSA) is 60.2 Å². The molecular weight excluding hydrogens is 307 g/mol. The minimum Gasteiger partial charge on any atom is -0.378 e. The van der Waals surface area contributed by atoms with E-state index in [0.717, 1.165) is 0 Å². The van der Waals surface area contributed by atoms with Crippen LogP contribution >= 0.6 is 11.8 Å². The van der Waals surface area contributed by atoms with Crippen molar-refractivity contribution in [3.8, 4) is 5.69 Å². The van der Waals surface area contributed by atoms with Crippen LogP contribution in [0.4, 0.5) is 4.39 Å². The molecule has 1 aliphatic rings. The van der Waals surface area contributed by atoms with Crippen molar-refractivity contribution >= 4 is 17.7 Å². The van der Waals surface area contributed by atoms with Gasteiger partial charge in [0.25, 0.3) is 0 Å². The molecular formula is C14H15FN4O2S. The van der Waals surface area contributed by atoms with Crippen LogP contribution in [0.15, 0.2) is 35.7 Å². The van der Waals surface area contributed by atoms with Gasteiger partial charge < -0.3 is 9.64 Å². The highest BCUT2D eigenvalue weighted by atomic mass is 32.2. The Hall–Kier alpha value is -1.93. The lowest BCUT2D eigenvalue weighted by Gasteiger charge is -2.26. The number of thioether (sulfide) groups is 1. The fourth-order valence-corrected chi connectivity index (χ4v) is 2.99. The van der Waals surface area contributed by atoms with E-state index in [-0.39, 0.29) is 17.5 Å². The van der Waals surface area contributed by atoms with E-state index < -0.39 is 0 Å². The lowest BCUT2D eigenvalue weighted by Crippen LogP contribution is -2.41. The average molecular weight is 322 g/mol. The standard InChI is InChI=1S/C14H15FN4O2S/c15-11-3-1-2-4-12(11)19-10-16-17-14(19)22-9-13(20)18-5-7-21-8-6-18/h1-4,10H,5-9H2. The van der Waals surface area contributed by atoms with Gasteiger partial charge in [0.15, 0.2) is 5.16 Å². The van der Waals surface area contributed by atoms with E-state index in [0.29, 0.717) is 37.1 Å². The van der Waals surface area contributed by atoms with Crippen LogP contribution in [0.3, 0.4) is 0 Å². The van der Waals surface area contributed by atoms with E-state index in [1.54, 1.807) is 27.7 Å². The van der Waals surface area contributed by atoms with Crippen LogP contribution < -0.4 is 0 Å². The molecule has 1 amide bonds. The van der Waals surface area contributed by atoms with Gasteiger partial charge >= 0.3 is 0 Å². The van der Waals surface area contributed by atoms with Crippen LogP contribution in [-0.2, 0) is 9.53 Å². The van der Waals surface area contributed by atoms with Crippen LogP contribution in [0.5, 0.6) is 0 Å². The molecule has 1 saturated heterocycles. The monoisotopic (exact) mass is 322 g/mol. The van der Waals surface area contributed by atoms with Gasteiger partial charge in [-0.1, -0.05) is 23.9 Å². The average Bonchev–Trinajstić information content (AvgIpc) is 3.02. The minimum atomic E-state index is -0.358. The first-order valence-corrected chi connectivity index (χ1v) is 7.87. The van der Waals surface area contributed by atoms with Crippen LogP contribution in [-0.4, -0.2) is 57.6 Å². The molecule has 0 N–H and O–H groups in total. The Bertz CT molecular complexity index is 658. The van der Waals surface area contributed by atoms with Crippen molar-refractivity contribution in [2.24, 2.45) is 0 Å². The van der Waals surface area contributed by atoms with Crippen molar-refractivity contribution in [1.82, 2.24) is 19.7 Å². The molecule has 2 aromatic rings. The molecule has 3 rings (SSSR count). The number of morpholine rings is 1. The summed E-state index contributed by atoms with van der Waals surface area (Å²) >= 11 is 1.25. The highest BCUT2D eigenvalue weighted by Gasteiger charge is 2.18. The normalized spacial score (nSPS) is 15.0. The third kappa shape index (κ3) is 3.28. The number of nitrogens with zero attached hydrogens (tertiary/aromatic N) is 4. The maximum atomic E-state index is 13.8. The first-order chi connectivity index (χ1) is 10.8. The number of ether oxygens (including phenoxy) is 1. The Kier molecular flexibility index (Phi) is 4.69. The molecule has 8 heteroatoms. The van der Waals surface area contributed by atoms with Crippen LogP contribution in [0.1, 0.15) is 0 Å². The van der Waals surface area contributed by atoms with Crippen molar-refractivity contribution in [2.75, 3.05) is 32.1 Å². The van der Waals surface area contributed by atoms with E-state index >= 15 is 0 Å². The molecule has 0 spiro atoms. The summed E-state index contributed by atoms with van der Waals surface area (Å²) in [7, 11) is 0. The Labute approximate surface area is 131 Å². The van der Waals surface area contributed by atoms with Gasteiger partial charge in [-0.25, -0.2) is 4.39 Å². The number of carbonyl (C=O) groups excluding carboxylic acids is 1. The predicted octanol–water partition coefficient (Wildman–Crippen LogP) is 1.36. The number of para-hydroxylation sites is 1. The number of hydrogen-bond acceptors (Lipinski definition) is 5. The number of amides is 1. The molecule has 116 valence electrons. The summed E-state index contributed by atoms with van der Waals surface area (Å²) < 4.78 is 20.6. The molecule has 0 unspecified atom stereocenters. The van der Waals surface area contributed by atoms with Crippen molar-refractivity contribution in [1.29, 1.82) is 0 Å². The fourth-order valence-electron chi connectivity index (χ4n) is 2.17. The number of hydrogen-bond donors (Lipinski definition) is 0. The maximum Gasteiger partial charge on any atom is 0.233 e. The third-order valence-electron chi connectivity index (χ3n) is 3.32. The highest BCUT2D eigenvalue weighted by Crippen LogP contribution is 2.21. The summed E-state index contributed by atoms with van der Waals surface area (Å²) in [5.41, 5.74) is 0.369. The van der Waals surface area contributed by atoms with Gasteiger partial charge in [-0.15, -0.1) is 10.2 Å². The molecule has 0 bridgehead atoms. The summed E-state index contributed by atoms with van der Waals surface area (Å²) in [6, 6.07) is 6.39. The molecule has 0 atom stereocenters. The van der Waals surface area contributed by atoms with Crippen molar-refractivity contribution in [3.05, 3.63) is 36.4 Å². The number of carbonyl (C=O) groups is 1. The van der Waals surface area contributed by atoms with Gasteiger partial charge in [0, 0.05) is 13.1 Å². The summed E-state index contributed by atoms with van der Waals surface area (Å²) in [5, 5.41) is 8.27. The SMILES string of the molecule is O=C(CSc1nncn1-c1ccccc1F)N1CCOCC1. The largest absolute Gasteiger partial charge is 0.378 e. The fraction of sp³-hybridized carbons (Fsp3) is 0.357. The van der Waals surface area contributed by atoms with Gasteiger partial charge in [-0.2, -0.15) is 0 Å². The number of halogens is 1. The summed E-state index contributed by atoms with van der Waals surface area (Å²) in [4.78, 5) is 13.9. The summed E-state index contributed by atoms with van der Waals surface area (Å²) in [6.07, 6.45) is 1.44. The first-order valence-electron chi connectivity index (χ1n) is 6.89. The molecule has 0 radical (unpaired) electrons. The van der Waals surface area contributed by atoms with E-state index in [9.17, 15) is 9.18 Å². The third-order valence-corrected chi connectivity index (χ3v) is 4.24. The molecule has 1 aliphatic heterocycles. The molecule has 0 aliphatic carbocycles. The molecule has 22 heavy (non-hydrogen) atoms. The molecule has 6 nitrogen and oxygen atoms in total. The Balaban J connectivity index is 1.68. The molecule has 1 fully saturated rings. The van der Waals surface area contributed by atoms with Gasteiger partial charge in [-0.3, -0.25) is 9.36 Å². The molecule has 1 aromatic carbocycles. The van der Waals surface area contributed by atoms with E-state index in [2.05, 4.69) is 10.2 Å². The van der Waals surface area contributed by atoms with E-state index in [1.165, 1.54) is 24.2 Å². The second kappa shape index (κ2) is 6.89. The summed E-state index contributed by atoms with van der Waals surface area (Å²) in [5.74, 6) is -0.0901. The lowest BCUT2D eigenvalue weighted by atomic mass is 10.3. The zero-order chi connectivity index (χ0) is 15.4. The number of aromatic nitrogens is 3. The van der Waals surface area contributed by atoms with Crippen molar-refractivity contribution < 1.29 is 13.9 Å². The summed E-state index contributed by atoms with van der Waals surface area (Å²) in [6.45, 7) is 2.36. The van der Waals surface area contributed by atoms with E-state index in [4.69, 9.17) is 4.74 Å². The maximum absolute atomic E-state index is 13.8. The molecule has 1 aromatic heterocycles. The smallest absolute Gasteiger partial charge is 0.233 e. The van der Waals surface area contributed by atoms with E-state index in [1.807, 2.05) is 0 Å². The van der Waals surface area contributed by atoms with Gasteiger partial charge in [0.2, 0.25) is 5.91 Å².